The molecule has 2 rings (SSSR count). The number of unbranched alkanes of at least 4 members (excludes halogenated alkanes) is 2. The van der Waals surface area contributed by atoms with Crippen LogP contribution in [0.5, 0.6) is 0 Å². The first kappa shape index (κ1) is 18.7. The van der Waals surface area contributed by atoms with E-state index in [4.69, 9.17) is 0 Å². The maximum absolute atomic E-state index is 12.3. The Morgan fingerprint density at radius 1 is 0.792 bits per heavy atom. The van der Waals surface area contributed by atoms with Crippen LogP contribution in [0.4, 0.5) is 0 Å². The Morgan fingerprint density at radius 3 is 2.08 bits per heavy atom. The Morgan fingerprint density at radius 2 is 1.42 bits per heavy atom. The van der Waals surface area contributed by atoms with Crippen LogP contribution in [0.25, 0.3) is 0 Å². The van der Waals surface area contributed by atoms with Gasteiger partial charge >= 0.3 is 0 Å². The van der Waals surface area contributed by atoms with E-state index in [1.54, 1.807) is 12.1 Å². The van der Waals surface area contributed by atoms with Gasteiger partial charge < -0.3 is 0 Å². The maximum Gasteiger partial charge on any atom is 0.240 e. The fraction of sp³-hybridized carbons (Fsp3) is 0.400. The van der Waals surface area contributed by atoms with Crippen molar-refractivity contribution in [2.45, 2.75) is 50.3 Å². The molecule has 0 atom stereocenters. The second-order valence-electron chi connectivity index (χ2n) is 6.09. The third-order valence-corrected chi connectivity index (χ3v) is 5.56. The standard InChI is InChI=1S/C20H27NO2S/c1-2-3-9-19-13-15-20(16-14-19)24(22,23)21-17-8-7-12-18-10-5-4-6-11-18/h4-6,10-11,13-16,21H,2-3,7-9,12,17H2,1H3. The molecule has 0 aliphatic carbocycles. The molecule has 2 aromatic rings. The van der Waals surface area contributed by atoms with E-state index >= 15 is 0 Å². The van der Waals surface area contributed by atoms with E-state index in [1.807, 2.05) is 30.3 Å². The van der Waals surface area contributed by atoms with E-state index < -0.39 is 10.0 Å². The predicted molar refractivity (Wildman–Crippen MR) is 99.6 cm³/mol. The van der Waals surface area contributed by atoms with Gasteiger partial charge in [-0.3, -0.25) is 0 Å². The lowest BCUT2D eigenvalue weighted by atomic mass is 10.1. The van der Waals surface area contributed by atoms with Gasteiger partial charge in [-0.1, -0.05) is 55.8 Å². The van der Waals surface area contributed by atoms with Crippen molar-refractivity contribution in [1.82, 2.24) is 4.72 Å². The van der Waals surface area contributed by atoms with E-state index in [1.165, 1.54) is 11.1 Å². The zero-order chi connectivity index (χ0) is 17.3. The average molecular weight is 346 g/mol. The molecular weight excluding hydrogens is 318 g/mol. The number of hydrogen-bond acceptors (Lipinski definition) is 2. The van der Waals surface area contributed by atoms with Gasteiger partial charge in [0.25, 0.3) is 0 Å². The second kappa shape index (κ2) is 9.60. The molecule has 0 aliphatic rings. The highest BCUT2D eigenvalue weighted by Crippen LogP contribution is 2.12. The molecule has 130 valence electrons. The fourth-order valence-corrected chi connectivity index (χ4v) is 3.68. The molecule has 0 saturated heterocycles. The summed E-state index contributed by atoms with van der Waals surface area (Å²) in [5.74, 6) is 0. The van der Waals surface area contributed by atoms with E-state index in [0.717, 1.165) is 38.5 Å². The molecule has 0 heterocycles. The zero-order valence-electron chi connectivity index (χ0n) is 14.4. The summed E-state index contributed by atoms with van der Waals surface area (Å²) in [5.41, 5.74) is 2.49. The smallest absolute Gasteiger partial charge is 0.211 e. The Balaban J connectivity index is 1.76. The van der Waals surface area contributed by atoms with Crippen molar-refractivity contribution in [3.05, 3.63) is 65.7 Å². The van der Waals surface area contributed by atoms with E-state index in [2.05, 4.69) is 23.8 Å². The number of nitrogens with one attached hydrogen (secondary N) is 1. The molecule has 4 heteroatoms. The summed E-state index contributed by atoms with van der Waals surface area (Å²) in [6.45, 7) is 2.63. The van der Waals surface area contributed by atoms with Gasteiger partial charge in [-0.2, -0.15) is 0 Å². The van der Waals surface area contributed by atoms with Crippen LogP contribution >= 0.6 is 0 Å². The summed E-state index contributed by atoms with van der Waals surface area (Å²) in [7, 11) is -3.39. The Labute approximate surface area is 146 Å². The largest absolute Gasteiger partial charge is 0.240 e. The van der Waals surface area contributed by atoms with E-state index in [0.29, 0.717) is 11.4 Å². The number of sulfonamides is 1. The van der Waals surface area contributed by atoms with Crippen LogP contribution < -0.4 is 4.72 Å². The summed E-state index contributed by atoms with van der Waals surface area (Å²) in [5, 5.41) is 0. The Bertz CT molecular complexity index is 694. The molecule has 0 bridgehead atoms. The summed E-state index contributed by atoms with van der Waals surface area (Å²) in [6, 6.07) is 17.5. The van der Waals surface area contributed by atoms with Crippen LogP contribution in [0.2, 0.25) is 0 Å². The minimum Gasteiger partial charge on any atom is -0.211 e. The van der Waals surface area contributed by atoms with Crippen molar-refractivity contribution in [2.75, 3.05) is 6.54 Å². The Kier molecular flexibility index (Phi) is 7.47. The number of benzene rings is 2. The normalized spacial score (nSPS) is 11.5. The van der Waals surface area contributed by atoms with Crippen molar-refractivity contribution in [1.29, 1.82) is 0 Å². The van der Waals surface area contributed by atoms with Crippen LogP contribution in [-0.4, -0.2) is 15.0 Å². The predicted octanol–water partition coefficient (Wildman–Crippen LogP) is 4.33. The quantitative estimate of drug-likeness (QED) is 0.652. The van der Waals surface area contributed by atoms with Crippen molar-refractivity contribution in [2.24, 2.45) is 0 Å². The number of aryl methyl sites for hydroxylation is 2. The first-order chi connectivity index (χ1) is 11.6. The van der Waals surface area contributed by atoms with Gasteiger partial charge in [0.15, 0.2) is 0 Å². The SMILES string of the molecule is CCCCc1ccc(S(=O)(=O)NCCCCc2ccccc2)cc1. The number of rotatable bonds is 10. The van der Waals surface area contributed by atoms with Crippen molar-refractivity contribution in [3.8, 4) is 0 Å². The highest BCUT2D eigenvalue weighted by Gasteiger charge is 2.12. The molecule has 2 aromatic carbocycles. The summed E-state index contributed by atoms with van der Waals surface area (Å²) >= 11 is 0. The lowest BCUT2D eigenvalue weighted by molar-refractivity contribution is 0.576. The summed E-state index contributed by atoms with van der Waals surface area (Å²) in [4.78, 5) is 0.353. The lowest BCUT2D eigenvalue weighted by Crippen LogP contribution is -2.24. The topological polar surface area (TPSA) is 46.2 Å². The van der Waals surface area contributed by atoms with E-state index in [-0.39, 0.29) is 0 Å². The molecule has 0 unspecified atom stereocenters. The first-order valence-corrected chi connectivity index (χ1v) is 10.2. The molecular formula is C20H27NO2S. The second-order valence-corrected chi connectivity index (χ2v) is 7.85. The van der Waals surface area contributed by atoms with Crippen molar-refractivity contribution in [3.63, 3.8) is 0 Å². The molecule has 0 saturated carbocycles. The van der Waals surface area contributed by atoms with Crippen LogP contribution in [0.1, 0.15) is 43.7 Å². The zero-order valence-corrected chi connectivity index (χ0v) is 15.2. The summed E-state index contributed by atoms with van der Waals surface area (Å²) < 4.78 is 27.3. The van der Waals surface area contributed by atoms with Gasteiger partial charge in [0.05, 0.1) is 4.90 Å². The molecule has 0 aliphatic heterocycles. The first-order valence-electron chi connectivity index (χ1n) is 8.74. The summed E-state index contributed by atoms with van der Waals surface area (Å²) in [6.07, 6.45) is 6.07. The lowest BCUT2D eigenvalue weighted by Gasteiger charge is -2.08. The molecule has 0 fully saturated rings. The third-order valence-electron chi connectivity index (χ3n) is 4.08. The minimum absolute atomic E-state index is 0.353. The fourth-order valence-electron chi connectivity index (χ4n) is 2.60. The van der Waals surface area contributed by atoms with Crippen LogP contribution in [0, 0.1) is 0 Å². The molecule has 1 N–H and O–H groups in total. The van der Waals surface area contributed by atoms with Crippen LogP contribution in [0.3, 0.4) is 0 Å². The van der Waals surface area contributed by atoms with Crippen molar-refractivity contribution >= 4 is 10.0 Å². The minimum atomic E-state index is -3.39. The molecule has 0 aromatic heterocycles. The van der Waals surface area contributed by atoms with Crippen LogP contribution in [0.15, 0.2) is 59.5 Å². The van der Waals surface area contributed by atoms with Gasteiger partial charge in [0.1, 0.15) is 0 Å². The van der Waals surface area contributed by atoms with Crippen LogP contribution in [-0.2, 0) is 22.9 Å². The van der Waals surface area contributed by atoms with E-state index in [9.17, 15) is 8.42 Å². The third kappa shape index (κ3) is 6.10. The van der Waals surface area contributed by atoms with Gasteiger partial charge in [0, 0.05) is 6.54 Å². The molecule has 0 amide bonds. The molecule has 24 heavy (non-hydrogen) atoms. The molecule has 0 radical (unpaired) electrons. The van der Waals surface area contributed by atoms with Gasteiger partial charge in [-0.15, -0.1) is 0 Å². The number of hydrogen-bond donors (Lipinski definition) is 1. The maximum atomic E-state index is 12.3. The molecule has 0 spiro atoms. The van der Waals surface area contributed by atoms with Gasteiger partial charge in [-0.25, -0.2) is 13.1 Å². The van der Waals surface area contributed by atoms with Crippen molar-refractivity contribution < 1.29 is 8.42 Å². The average Bonchev–Trinajstić information content (AvgIpc) is 2.61. The monoisotopic (exact) mass is 345 g/mol. The van der Waals surface area contributed by atoms with Gasteiger partial charge in [-0.05, 0) is 55.4 Å². The molecule has 3 nitrogen and oxygen atoms in total. The highest BCUT2D eigenvalue weighted by atomic mass is 32.2. The Hall–Kier alpha value is -1.65. The van der Waals surface area contributed by atoms with Gasteiger partial charge in [0.2, 0.25) is 10.0 Å². The highest BCUT2D eigenvalue weighted by molar-refractivity contribution is 7.89.